The Morgan fingerprint density at radius 3 is 2.00 bits per heavy atom. The Morgan fingerprint density at radius 1 is 1.05 bits per heavy atom. The van der Waals surface area contributed by atoms with Gasteiger partial charge in [-0.25, -0.2) is 9.59 Å². The van der Waals surface area contributed by atoms with Gasteiger partial charge in [0.05, 0.1) is 6.61 Å². The van der Waals surface area contributed by atoms with E-state index in [-0.39, 0.29) is 13.0 Å². The Balaban J connectivity index is 3.08. The number of hydrogen-bond acceptors (Lipinski definition) is 7. The second kappa shape index (κ2) is 6.04. The third-order valence-electron chi connectivity index (χ3n) is 2.40. The molecule has 0 aromatic heterocycles. The lowest BCUT2D eigenvalue weighted by Crippen LogP contribution is -2.55. The van der Waals surface area contributed by atoms with Crippen molar-refractivity contribution in [2.45, 2.75) is 65.2 Å². The molecule has 0 saturated carbocycles. The van der Waals surface area contributed by atoms with Gasteiger partial charge < -0.3 is 9.47 Å². The molecule has 1 fully saturated rings. The summed E-state index contributed by atoms with van der Waals surface area (Å²) in [4.78, 5) is 24.3. The number of nitrogens with zero attached hydrogens (tertiary/aromatic N) is 1. The predicted molar refractivity (Wildman–Crippen MR) is 77.2 cm³/mol. The molecule has 0 aromatic carbocycles. The van der Waals surface area contributed by atoms with Crippen LogP contribution in [0.1, 0.15) is 48.0 Å². The van der Waals surface area contributed by atoms with E-state index in [1.807, 2.05) is 0 Å². The average Bonchev–Trinajstić information content (AvgIpc) is 2.21. The first-order valence-electron chi connectivity index (χ1n) is 6.87. The van der Waals surface area contributed by atoms with Gasteiger partial charge in [-0.05, 0) is 41.5 Å². The Bertz CT molecular complexity index is 542. The van der Waals surface area contributed by atoms with Crippen LogP contribution in [0.3, 0.4) is 0 Å². The first-order valence-corrected chi connectivity index (χ1v) is 8.24. The number of esters is 1. The highest BCUT2D eigenvalue weighted by Gasteiger charge is 2.46. The van der Waals surface area contributed by atoms with Crippen LogP contribution in [0.4, 0.5) is 4.79 Å². The van der Waals surface area contributed by atoms with Crippen molar-refractivity contribution in [3.8, 4) is 0 Å². The van der Waals surface area contributed by atoms with Crippen LogP contribution >= 0.6 is 0 Å². The number of ether oxygens (including phenoxy) is 2. The van der Waals surface area contributed by atoms with Gasteiger partial charge in [-0.3, -0.25) is 4.18 Å². The van der Waals surface area contributed by atoms with Crippen molar-refractivity contribution in [1.82, 2.24) is 4.31 Å². The maximum Gasteiger partial charge on any atom is 0.426 e. The summed E-state index contributed by atoms with van der Waals surface area (Å²) >= 11 is 0. The van der Waals surface area contributed by atoms with E-state index >= 15 is 0 Å². The molecule has 9 heteroatoms. The van der Waals surface area contributed by atoms with Crippen molar-refractivity contribution in [3.63, 3.8) is 0 Å². The van der Waals surface area contributed by atoms with Crippen molar-refractivity contribution in [3.05, 3.63) is 0 Å². The lowest BCUT2D eigenvalue weighted by molar-refractivity contribution is -0.160. The molecule has 0 N–H and O–H groups in total. The zero-order valence-corrected chi connectivity index (χ0v) is 14.5. The molecular formula is C13H23NO7S. The van der Waals surface area contributed by atoms with Crippen LogP contribution in [-0.4, -0.2) is 48.6 Å². The maximum absolute atomic E-state index is 12.2. The van der Waals surface area contributed by atoms with Gasteiger partial charge >= 0.3 is 22.4 Å². The third kappa shape index (κ3) is 5.13. The highest BCUT2D eigenvalue weighted by Crippen LogP contribution is 2.24. The largest absolute Gasteiger partial charge is 0.458 e. The van der Waals surface area contributed by atoms with Crippen LogP contribution in [-0.2, 0) is 28.8 Å². The molecule has 0 bridgehead atoms. The number of carbonyl (C=O) groups is 2. The molecule has 1 heterocycles. The molecule has 1 rings (SSSR count). The number of amides is 1. The second-order valence-corrected chi connectivity index (χ2v) is 8.38. The molecule has 128 valence electrons. The van der Waals surface area contributed by atoms with E-state index in [2.05, 4.69) is 4.18 Å². The Labute approximate surface area is 131 Å². The van der Waals surface area contributed by atoms with Gasteiger partial charge in [-0.2, -0.15) is 12.7 Å². The SMILES string of the molecule is CC(C)(C)OC(=O)[C@@H]1CCOS(=O)(=O)N1C(=O)OC(C)(C)C. The van der Waals surface area contributed by atoms with Crippen LogP contribution < -0.4 is 0 Å². The van der Waals surface area contributed by atoms with E-state index in [1.165, 1.54) is 0 Å². The van der Waals surface area contributed by atoms with E-state index in [0.29, 0.717) is 4.31 Å². The van der Waals surface area contributed by atoms with Crippen LogP contribution in [0.15, 0.2) is 0 Å². The van der Waals surface area contributed by atoms with Gasteiger partial charge in [0.15, 0.2) is 6.04 Å². The molecule has 1 atom stereocenters. The minimum atomic E-state index is -4.39. The Morgan fingerprint density at radius 2 is 1.55 bits per heavy atom. The summed E-state index contributed by atoms with van der Waals surface area (Å²) in [6, 6.07) is -1.30. The van der Waals surface area contributed by atoms with Crippen molar-refractivity contribution in [2.75, 3.05) is 6.61 Å². The highest BCUT2D eigenvalue weighted by molar-refractivity contribution is 7.85. The molecule has 0 unspecified atom stereocenters. The summed E-state index contributed by atoms with van der Waals surface area (Å²) in [6.45, 7) is 9.51. The third-order valence-corrected chi connectivity index (χ3v) is 3.75. The minimum Gasteiger partial charge on any atom is -0.458 e. The zero-order chi connectivity index (χ0) is 17.3. The Hall–Kier alpha value is -1.35. The van der Waals surface area contributed by atoms with Crippen LogP contribution in [0, 0.1) is 0 Å². The Kier molecular flexibility index (Phi) is 5.13. The smallest absolute Gasteiger partial charge is 0.426 e. The lowest BCUT2D eigenvalue weighted by atomic mass is 10.1. The predicted octanol–water partition coefficient (Wildman–Crippen LogP) is 1.60. The standard InChI is InChI=1S/C13H23NO7S/c1-12(2,3)20-10(15)9-7-8-19-22(17,18)14(9)11(16)21-13(4,5)6/h9H,7-8H2,1-6H3/t9-/m0/s1. The van der Waals surface area contributed by atoms with Crippen LogP contribution in [0.5, 0.6) is 0 Å². The summed E-state index contributed by atoms with van der Waals surface area (Å²) < 4.78 is 39.1. The van der Waals surface area contributed by atoms with Crippen molar-refractivity contribution >= 4 is 22.4 Å². The first kappa shape index (κ1) is 18.7. The minimum absolute atomic E-state index is 0.00733. The van der Waals surface area contributed by atoms with Crippen molar-refractivity contribution in [2.24, 2.45) is 0 Å². The summed E-state index contributed by atoms with van der Waals surface area (Å²) in [5.41, 5.74) is -1.72. The van der Waals surface area contributed by atoms with E-state index in [4.69, 9.17) is 9.47 Å². The van der Waals surface area contributed by atoms with E-state index in [1.54, 1.807) is 41.5 Å². The monoisotopic (exact) mass is 337 g/mol. The molecule has 1 amide bonds. The lowest BCUT2D eigenvalue weighted by Gasteiger charge is -2.35. The van der Waals surface area contributed by atoms with Gasteiger partial charge in [0.1, 0.15) is 11.2 Å². The van der Waals surface area contributed by atoms with Gasteiger partial charge in [0, 0.05) is 6.42 Å². The maximum atomic E-state index is 12.2. The molecule has 0 aromatic rings. The van der Waals surface area contributed by atoms with E-state index in [0.717, 1.165) is 0 Å². The van der Waals surface area contributed by atoms with Gasteiger partial charge in [0.25, 0.3) is 0 Å². The summed E-state index contributed by atoms with van der Waals surface area (Å²) in [6.07, 6.45) is -1.16. The van der Waals surface area contributed by atoms with E-state index < -0.39 is 39.6 Å². The second-order valence-electron chi connectivity index (χ2n) is 6.89. The fourth-order valence-corrected chi connectivity index (χ4v) is 2.85. The molecule has 0 aliphatic carbocycles. The fourth-order valence-electron chi connectivity index (χ4n) is 1.70. The molecular weight excluding hydrogens is 314 g/mol. The first-order chi connectivity index (χ1) is 9.73. The molecule has 8 nitrogen and oxygen atoms in total. The number of rotatable bonds is 1. The summed E-state index contributed by atoms with van der Waals surface area (Å²) in [7, 11) is -4.39. The van der Waals surface area contributed by atoms with Gasteiger partial charge in [-0.1, -0.05) is 0 Å². The quantitative estimate of drug-likeness (QED) is 0.670. The molecule has 1 aliphatic heterocycles. The summed E-state index contributed by atoms with van der Waals surface area (Å²) in [5, 5.41) is 0. The van der Waals surface area contributed by atoms with E-state index in [9.17, 15) is 18.0 Å². The van der Waals surface area contributed by atoms with Crippen LogP contribution in [0.2, 0.25) is 0 Å². The number of hydrogen-bond donors (Lipinski definition) is 0. The topological polar surface area (TPSA) is 99.2 Å². The van der Waals surface area contributed by atoms with Gasteiger partial charge in [-0.15, -0.1) is 0 Å². The van der Waals surface area contributed by atoms with Crippen molar-refractivity contribution in [1.29, 1.82) is 0 Å². The van der Waals surface area contributed by atoms with Crippen LogP contribution in [0.25, 0.3) is 0 Å². The average molecular weight is 337 g/mol. The molecule has 1 saturated heterocycles. The number of carbonyl (C=O) groups excluding carboxylic acids is 2. The molecule has 0 spiro atoms. The highest BCUT2D eigenvalue weighted by atomic mass is 32.2. The van der Waals surface area contributed by atoms with Gasteiger partial charge in [0.2, 0.25) is 0 Å². The van der Waals surface area contributed by atoms with Crippen molar-refractivity contribution < 1.29 is 31.7 Å². The summed E-state index contributed by atoms with van der Waals surface area (Å²) in [5.74, 6) is -0.815. The fraction of sp³-hybridized carbons (Fsp3) is 0.846. The normalized spacial score (nSPS) is 22.1. The molecule has 22 heavy (non-hydrogen) atoms. The molecule has 0 radical (unpaired) electrons. The molecule has 1 aliphatic rings. The zero-order valence-electron chi connectivity index (χ0n) is 13.7.